The Labute approximate surface area is 234 Å². The van der Waals surface area contributed by atoms with Crippen LogP contribution in [0.5, 0.6) is 28.7 Å². The number of carbonyl (C=O) groups excluding carboxylic acids is 2. The lowest BCUT2D eigenvalue weighted by atomic mass is 9.99. The minimum Gasteiger partial charge on any atom is -0.493 e. The van der Waals surface area contributed by atoms with Crippen molar-refractivity contribution in [2.75, 3.05) is 48.4 Å². The van der Waals surface area contributed by atoms with Gasteiger partial charge in [-0.3, -0.25) is 0 Å². The van der Waals surface area contributed by atoms with Crippen LogP contribution in [-0.4, -0.2) is 64.2 Å². The Morgan fingerprint density at radius 2 is 1.76 bits per heavy atom. The first-order valence-corrected chi connectivity index (χ1v) is 12.2. The summed E-state index contributed by atoms with van der Waals surface area (Å²) < 4.78 is 35.7. The molecule has 206 valence electrons. The number of hydrogen-bond acceptors (Lipinski definition) is 9. The van der Waals surface area contributed by atoms with Crippen LogP contribution in [0, 0.1) is 0 Å². The van der Waals surface area contributed by atoms with Crippen LogP contribution in [0.1, 0.15) is 27.0 Å². The number of nitrogens with one attached hydrogen (secondary N) is 1. The summed E-state index contributed by atoms with van der Waals surface area (Å²) in [4.78, 5) is 24.6. The number of alkyl halides is 3. The normalized spacial score (nSPS) is 12.3. The first kappa shape index (κ1) is 29.3. The van der Waals surface area contributed by atoms with E-state index >= 15 is 0 Å². The van der Waals surface area contributed by atoms with E-state index in [1.807, 2.05) is 0 Å². The number of fused-ring (bicyclic) bond motifs is 1. The fourth-order valence-corrected chi connectivity index (χ4v) is 3.90. The average molecular weight is 591 g/mol. The lowest BCUT2D eigenvalue weighted by molar-refractivity contribution is 0.0596. The SMILES string of the molecule is COC(=O)c1c(/C=C/c2c(CCNC(=O)OCC(Cl)(Cl)Cl)cc3c(c2OC)OCO3)ccc(OC)c1OC. The summed E-state index contributed by atoms with van der Waals surface area (Å²) in [6, 6.07) is 5.16. The van der Waals surface area contributed by atoms with Crippen LogP contribution < -0.4 is 29.0 Å². The van der Waals surface area contributed by atoms with Crippen molar-refractivity contribution in [2.45, 2.75) is 10.2 Å². The summed E-state index contributed by atoms with van der Waals surface area (Å²) in [7, 11) is 5.68. The molecule has 13 heteroatoms. The van der Waals surface area contributed by atoms with Crippen LogP contribution in [0.25, 0.3) is 12.2 Å². The zero-order valence-corrected chi connectivity index (χ0v) is 23.3. The summed E-state index contributed by atoms with van der Waals surface area (Å²) in [6.45, 7) is -0.183. The maximum atomic E-state index is 12.6. The molecule has 1 aliphatic heterocycles. The smallest absolute Gasteiger partial charge is 0.407 e. The van der Waals surface area contributed by atoms with Gasteiger partial charge in [0, 0.05) is 12.1 Å². The zero-order valence-electron chi connectivity index (χ0n) is 21.0. The fraction of sp³-hybridized carbons (Fsp3) is 0.360. The van der Waals surface area contributed by atoms with Gasteiger partial charge in [0.25, 0.3) is 0 Å². The number of rotatable bonds is 10. The molecule has 1 aliphatic rings. The molecule has 0 unspecified atom stereocenters. The second kappa shape index (κ2) is 13.0. The third-order valence-corrected chi connectivity index (χ3v) is 5.70. The van der Waals surface area contributed by atoms with Gasteiger partial charge < -0.3 is 38.5 Å². The quantitative estimate of drug-likeness (QED) is 0.231. The molecule has 0 aliphatic carbocycles. The molecule has 3 rings (SSSR count). The molecule has 0 fully saturated rings. The largest absolute Gasteiger partial charge is 0.493 e. The van der Waals surface area contributed by atoms with E-state index in [2.05, 4.69) is 5.32 Å². The van der Waals surface area contributed by atoms with Gasteiger partial charge in [-0.05, 0) is 29.7 Å². The Bertz CT molecular complexity index is 1210. The number of ether oxygens (including phenoxy) is 7. The van der Waals surface area contributed by atoms with Gasteiger partial charge in [-0.1, -0.05) is 53.0 Å². The van der Waals surface area contributed by atoms with Crippen LogP contribution in [0.15, 0.2) is 18.2 Å². The number of hydrogen-bond donors (Lipinski definition) is 1. The predicted molar refractivity (Wildman–Crippen MR) is 142 cm³/mol. The first-order chi connectivity index (χ1) is 18.1. The van der Waals surface area contributed by atoms with Crippen molar-refractivity contribution >= 4 is 59.0 Å². The van der Waals surface area contributed by atoms with E-state index in [0.29, 0.717) is 40.5 Å². The van der Waals surface area contributed by atoms with Crippen molar-refractivity contribution in [1.29, 1.82) is 0 Å². The van der Waals surface area contributed by atoms with Gasteiger partial charge in [0.1, 0.15) is 12.2 Å². The van der Waals surface area contributed by atoms with Crippen LogP contribution in [0.4, 0.5) is 4.79 Å². The number of amides is 1. The molecule has 1 heterocycles. The predicted octanol–water partition coefficient (Wildman–Crippen LogP) is 5.04. The maximum Gasteiger partial charge on any atom is 0.407 e. The van der Waals surface area contributed by atoms with Gasteiger partial charge in [0.2, 0.25) is 16.3 Å². The van der Waals surface area contributed by atoms with Crippen molar-refractivity contribution in [2.24, 2.45) is 0 Å². The van der Waals surface area contributed by atoms with Crippen molar-refractivity contribution < 1.29 is 42.7 Å². The fourth-order valence-electron chi connectivity index (χ4n) is 3.73. The molecule has 38 heavy (non-hydrogen) atoms. The van der Waals surface area contributed by atoms with Gasteiger partial charge in [-0.15, -0.1) is 0 Å². The van der Waals surface area contributed by atoms with Crippen molar-refractivity contribution in [1.82, 2.24) is 5.32 Å². The molecule has 10 nitrogen and oxygen atoms in total. The monoisotopic (exact) mass is 589 g/mol. The van der Waals surface area contributed by atoms with Gasteiger partial charge in [0.15, 0.2) is 23.0 Å². The Morgan fingerprint density at radius 1 is 1.03 bits per heavy atom. The highest BCUT2D eigenvalue weighted by Gasteiger charge is 2.26. The number of esters is 1. The number of methoxy groups -OCH3 is 4. The van der Waals surface area contributed by atoms with Gasteiger partial charge in [-0.2, -0.15) is 0 Å². The average Bonchev–Trinajstić information content (AvgIpc) is 3.37. The van der Waals surface area contributed by atoms with Gasteiger partial charge >= 0.3 is 12.1 Å². The Kier molecular flexibility index (Phi) is 10.1. The van der Waals surface area contributed by atoms with E-state index in [1.165, 1.54) is 28.4 Å². The maximum absolute atomic E-state index is 12.6. The van der Waals surface area contributed by atoms with Gasteiger partial charge in [-0.25, -0.2) is 9.59 Å². The number of halogens is 3. The molecule has 0 bridgehead atoms. The third-order valence-electron chi connectivity index (χ3n) is 5.38. The van der Waals surface area contributed by atoms with Crippen LogP contribution in [-0.2, 0) is 15.9 Å². The van der Waals surface area contributed by atoms with Crippen LogP contribution in [0.2, 0.25) is 0 Å². The molecule has 0 spiro atoms. The Balaban J connectivity index is 1.96. The minimum absolute atomic E-state index is 0.0298. The molecule has 0 saturated carbocycles. The van der Waals surface area contributed by atoms with E-state index < -0.39 is 22.5 Å². The molecule has 2 aromatic rings. The summed E-state index contributed by atoms with van der Waals surface area (Å²) in [6.07, 6.45) is 3.07. The van der Waals surface area contributed by atoms with Gasteiger partial charge in [0.05, 0.1) is 28.4 Å². The summed E-state index contributed by atoms with van der Waals surface area (Å²) in [5.74, 6) is 1.36. The summed E-state index contributed by atoms with van der Waals surface area (Å²) >= 11 is 16.8. The first-order valence-electron chi connectivity index (χ1n) is 11.1. The standard InChI is InChI=1S/C25H26Cl3NO9/c1-32-17-8-6-14(19(21(17)34-3)23(30)35-4)5-7-16-15(9-10-29-24(31)36-12-25(26,27)28)11-18-22(20(16)33-2)38-13-37-18/h5-8,11H,9-10,12-13H2,1-4H3,(H,29,31)/b7-5+. The lowest BCUT2D eigenvalue weighted by Crippen LogP contribution is -2.29. The minimum atomic E-state index is -1.72. The zero-order chi connectivity index (χ0) is 27.9. The lowest BCUT2D eigenvalue weighted by Gasteiger charge is -2.16. The van der Waals surface area contributed by atoms with E-state index in [1.54, 1.807) is 30.4 Å². The van der Waals surface area contributed by atoms with Crippen molar-refractivity contribution in [3.8, 4) is 28.7 Å². The second-order valence-electron chi connectivity index (χ2n) is 7.67. The highest BCUT2D eigenvalue weighted by atomic mass is 35.6. The van der Waals surface area contributed by atoms with Crippen molar-refractivity contribution in [3.63, 3.8) is 0 Å². The van der Waals surface area contributed by atoms with E-state index in [4.69, 9.17) is 68.0 Å². The second-order valence-corrected chi connectivity index (χ2v) is 10.2. The molecule has 1 N–H and O–H groups in total. The Hall–Kier alpha value is -3.21. The van der Waals surface area contributed by atoms with Crippen LogP contribution in [0.3, 0.4) is 0 Å². The Morgan fingerprint density at radius 3 is 2.39 bits per heavy atom. The molecule has 1 amide bonds. The number of carbonyl (C=O) groups is 2. The molecular formula is C25H26Cl3NO9. The molecular weight excluding hydrogens is 565 g/mol. The highest BCUT2D eigenvalue weighted by molar-refractivity contribution is 6.67. The molecule has 2 aromatic carbocycles. The topological polar surface area (TPSA) is 111 Å². The third kappa shape index (κ3) is 7.00. The summed E-state index contributed by atoms with van der Waals surface area (Å²) in [5.41, 5.74) is 2.08. The van der Waals surface area contributed by atoms with E-state index in [0.717, 1.165) is 5.56 Å². The molecule has 0 atom stereocenters. The van der Waals surface area contributed by atoms with Crippen molar-refractivity contribution in [3.05, 3.63) is 40.5 Å². The molecule has 0 radical (unpaired) electrons. The molecule has 0 saturated heterocycles. The number of alkyl carbamates (subject to hydrolysis) is 1. The summed E-state index contributed by atoms with van der Waals surface area (Å²) in [5, 5.41) is 2.60. The van der Waals surface area contributed by atoms with E-state index in [9.17, 15) is 9.59 Å². The van der Waals surface area contributed by atoms with Crippen LogP contribution >= 0.6 is 34.8 Å². The number of benzene rings is 2. The molecule has 0 aromatic heterocycles. The highest BCUT2D eigenvalue weighted by Crippen LogP contribution is 2.46. The van der Waals surface area contributed by atoms with E-state index in [-0.39, 0.29) is 24.7 Å².